The molecule has 0 aliphatic rings. The number of carbonyl (C=O) groups is 1. The lowest BCUT2D eigenvalue weighted by Crippen LogP contribution is -2.31. The molecule has 0 radical (unpaired) electrons. The molecule has 6 heteroatoms. The molecule has 1 atom stereocenters. The van der Waals surface area contributed by atoms with Crippen LogP contribution in [-0.2, 0) is 14.6 Å². The number of benzene rings is 2. The third-order valence-corrected chi connectivity index (χ3v) is 6.00. The molecule has 1 unspecified atom stereocenters. The molecule has 1 amide bonds. The smallest absolute Gasteiger partial charge is 0.233 e. The summed E-state index contributed by atoms with van der Waals surface area (Å²) >= 11 is 1.50. The minimum absolute atomic E-state index is 0.0311. The van der Waals surface area contributed by atoms with Crippen LogP contribution >= 0.6 is 11.8 Å². The Kier molecular flexibility index (Phi) is 6.07. The van der Waals surface area contributed by atoms with Crippen LogP contribution < -0.4 is 0 Å². The zero-order valence-corrected chi connectivity index (χ0v) is 15.6. The minimum atomic E-state index is -3.20. The predicted molar refractivity (Wildman–Crippen MR) is 97.9 cm³/mol. The summed E-state index contributed by atoms with van der Waals surface area (Å²) in [6.45, 7) is 1.93. The van der Waals surface area contributed by atoms with Crippen molar-refractivity contribution in [2.24, 2.45) is 0 Å². The summed E-state index contributed by atoms with van der Waals surface area (Å²) in [5.74, 6) is 0.398. The lowest BCUT2D eigenvalue weighted by molar-refractivity contribution is -0.128. The molecule has 4 nitrogen and oxygen atoms in total. The van der Waals surface area contributed by atoms with Crippen LogP contribution in [0.15, 0.2) is 64.4 Å². The van der Waals surface area contributed by atoms with Gasteiger partial charge in [0.1, 0.15) is 0 Å². The number of hydrogen-bond donors (Lipinski definition) is 0. The first-order chi connectivity index (χ1) is 11.3. The molecule has 2 aromatic carbocycles. The molecule has 128 valence electrons. The molecule has 0 heterocycles. The lowest BCUT2D eigenvalue weighted by atomic mass is 10.1. The molecular weight excluding hydrogens is 342 g/mol. The summed E-state index contributed by atoms with van der Waals surface area (Å²) in [5, 5.41) is 0. The fraction of sp³-hybridized carbons (Fsp3) is 0.278. The number of nitrogens with zero attached hydrogens (tertiary/aromatic N) is 1. The van der Waals surface area contributed by atoms with Crippen LogP contribution in [0.1, 0.15) is 18.5 Å². The summed E-state index contributed by atoms with van der Waals surface area (Å²) < 4.78 is 23.0. The van der Waals surface area contributed by atoms with Gasteiger partial charge in [0.2, 0.25) is 5.91 Å². The molecular formula is C18H21NO3S2. The van der Waals surface area contributed by atoms with E-state index in [2.05, 4.69) is 0 Å². The monoisotopic (exact) mass is 363 g/mol. The molecule has 0 aromatic heterocycles. The van der Waals surface area contributed by atoms with Crippen molar-refractivity contribution in [2.75, 3.05) is 19.1 Å². The van der Waals surface area contributed by atoms with Crippen molar-refractivity contribution in [2.45, 2.75) is 22.8 Å². The first-order valence-corrected chi connectivity index (χ1v) is 10.4. The molecule has 0 saturated carbocycles. The second kappa shape index (κ2) is 7.85. The maximum atomic E-state index is 12.4. The molecule has 0 bridgehead atoms. The fourth-order valence-corrected chi connectivity index (χ4v) is 3.67. The largest absolute Gasteiger partial charge is 0.338 e. The van der Waals surface area contributed by atoms with E-state index in [-0.39, 0.29) is 16.8 Å². The first-order valence-electron chi connectivity index (χ1n) is 7.52. The molecule has 0 N–H and O–H groups in total. The first kappa shape index (κ1) is 18.5. The van der Waals surface area contributed by atoms with Crippen LogP contribution in [-0.4, -0.2) is 38.3 Å². The Morgan fingerprint density at radius 1 is 1.08 bits per heavy atom. The summed E-state index contributed by atoms with van der Waals surface area (Å²) in [7, 11) is -1.44. The SMILES string of the molecule is CC(c1ccc(S(C)(=O)=O)cc1)N(C)C(=O)CSc1ccccc1. The lowest BCUT2D eigenvalue weighted by Gasteiger charge is -2.25. The molecule has 0 spiro atoms. The fourth-order valence-electron chi connectivity index (χ4n) is 2.20. The standard InChI is InChI=1S/C18H21NO3S2/c1-14(15-9-11-17(12-10-15)24(3,21)22)19(2)18(20)13-23-16-7-5-4-6-8-16/h4-12,14H,13H2,1-3H3. The summed E-state index contributed by atoms with van der Waals surface area (Å²) in [4.78, 5) is 15.4. The van der Waals surface area contributed by atoms with Crippen molar-refractivity contribution in [3.63, 3.8) is 0 Å². The maximum Gasteiger partial charge on any atom is 0.233 e. The number of rotatable bonds is 6. The van der Waals surface area contributed by atoms with Crippen LogP contribution in [0.3, 0.4) is 0 Å². The van der Waals surface area contributed by atoms with E-state index in [0.717, 1.165) is 10.5 Å². The average Bonchev–Trinajstić information content (AvgIpc) is 2.58. The normalized spacial score (nSPS) is 12.6. The average molecular weight is 364 g/mol. The van der Waals surface area contributed by atoms with Gasteiger partial charge in [-0.2, -0.15) is 0 Å². The number of amides is 1. The Morgan fingerprint density at radius 2 is 1.67 bits per heavy atom. The van der Waals surface area contributed by atoms with Gasteiger partial charge < -0.3 is 4.90 Å². The summed E-state index contributed by atoms with van der Waals surface area (Å²) in [5.41, 5.74) is 0.906. The molecule has 2 rings (SSSR count). The summed E-state index contributed by atoms with van der Waals surface area (Å²) in [6.07, 6.45) is 1.18. The van der Waals surface area contributed by atoms with Crippen molar-refractivity contribution < 1.29 is 13.2 Å². The van der Waals surface area contributed by atoms with E-state index in [1.807, 2.05) is 37.3 Å². The van der Waals surface area contributed by atoms with Crippen molar-refractivity contribution in [1.29, 1.82) is 0 Å². The van der Waals surface area contributed by atoms with Crippen LogP contribution in [0.2, 0.25) is 0 Å². The number of carbonyl (C=O) groups excluding carboxylic acids is 1. The Labute approximate surface area is 147 Å². The van der Waals surface area contributed by atoms with E-state index in [9.17, 15) is 13.2 Å². The molecule has 0 fully saturated rings. The van der Waals surface area contributed by atoms with Gasteiger partial charge in [-0.3, -0.25) is 4.79 Å². The van der Waals surface area contributed by atoms with E-state index in [1.54, 1.807) is 36.2 Å². The van der Waals surface area contributed by atoms with E-state index in [4.69, 9.17) is 0 Å². The highest BCUT2D eigenvalue weighted by atomic mass is 32.2. The van der Waals surface area contributed by atoms with Gasteiger partial charge >= 0.3 is 0 Å². The third kappa shape index (κ3) is 4.85. The zero-order chi connectivity index (χ0) is 17.7. The van der Waals surface area contributed by atoms with Gasteiger partial charge in [-0.05, 0) is 36.8 Å². The molecule has 0 aliphatic carbocycles. The zero-order valence-electron chi connectivity index (χ0n) is 14.0. The van der Waals surface area contributed by atoms with Crippen molar-refractivity contribution in [3.8, 4) is 0 Å². The van der Waals surface area contributed by atoms with Crippen LogP contribution in [0.25, 0.3) is 0 Å². The van der Waals surface area contributed by atoms with Gasteiger partial charge in [-0.15, -0.1) is 11.8 Å². The summed E-state index contributed by atoms with van der Waals surface area (Å²) in [6, 6.07) is 16.4. The van der Waals surface area contributed by atoms with E-state index in [0.29, 0.717) is 5.75 Å². The quantitative estimate of drug-likeness (QED) is 0.738. The van der Waals surface area contributed by atoms with Gasteiger partial charge in [-0.1, -0.05) is 30.3 Å². The van der Waals surface area contributed by atoms with Gasteiger partial charge in [0, 0.05) is 18.2 Å². The molecule has 2 aromatic rings. The minimum Gasteiger partial charge on any atom is -0.338 e. The Hall–Kier alpha value is -1.79. The van der Waals surface area contributed by atoms with Crippen molar-refractivity contribution in [3.05, 3.63) is 60.2 Å². The van der Waals surface area contributed by atoms with Gasteiger partial charge in [0.25, 0.3) is 0 Å². The van der Waals surface area contributed by atoms with Gasteiger partial charge in [0.05, 0.1) is 16.7 Å². The predicted octanol–water partition coefficient (Wildman–Crippen LogP) is 3.40. The number of thioether (sulfide) groups is 1. The van der Waals surface area contributed by atoms with E-state index < -0.39 is 9.84 Å². The van der Waals surface area contributed by atoms with E-state index in [1.165, 1.54) is 18.0 Å². The Morgan fingerprint density at radius 3 is 2.21 bits per heavy atom. The highest BCUT2D eigenvalue weighted by molar-refractivity contribution is 8.00. The molecule has 24 heavy (non-hydrogen) atoms. The van der Waals surface area contributed by atoms with Crippen LogP contribution in [0, 0.1) is 0 Å². The van der Waals surface area contributed by atoms with Crippen molar-refractivity contribution in [1.82, 2.24) is 4.90 Å². The highest BCUT2D eigenvalue weighted by Gasteiger charge is 2.18. The third-order valence-electron chi connectivity index (χ3n) is 3.87. The maximum absolute atomic E-state index is 12.4. The number of sulfone groups is 1. The van der Waals surface area contributed by atoms with Gasteiger partial charge in [-0.25, -0.2) is 8.42 Å². The van der Waals surface area contributed by atoms with Gasteiger partial charge in [0.15, 0.2) is 9.84 Å². The Balaban J connectivity index is 2.00. The van der Waals surface area contributed by atoms with Crippen LogP contribution in [0.5, 0.6) is 0 Å². The molecule has 0 saturated heterocycles. The highest BCUT2D eigenvalue weighted by Crippen LogP contribution is 2.23. The Bertz CT molecular complexity index is 787. The second-order valence-electron chi connectivity index (χ2n) is 5.62. The van der Waals surface area contributed by atoms with Crippen LogP contribution in [0.4, 0.5) is 0 Å². The van der Waals surface area contributed by atoms with E-state index >= 15 is 0 Å². The number of hydrogen-bond acceptors (Lipinski definition) is 4. The second-order valence-corrected chi connectivity index (χ2v) is 8.69. The topological polar surface area (TPSA) is 54.5 Å². The molecule has 0 aliphatic heterocycles. The van der Waals surface area contributed by atoms with Crippen molar-refractivity contribution >= 4 is 27.5 Å².